The molecule has 1 nitrogen and oxygen atoms in total. The van der Waals surface area contributed by atoms with Crippen LogP contribution in [0.3, 0.4) is 0 Å². The first-order chi connectivity index (χ1) is 8.25. The van der Waals surface area contributed by atoms with E-state index in [1.54, 1.807) is 0 Å². The Bertz CT molecular complexity index is 493. The van der Waals surface area contributed by atoms with Crippen molar-refractivity contribution in [1.82, 2.24) is 0 Å². The van der Waals surface area contributed by atoms with Gasteiger partial charge in [-0.1, -0.05) is 70.2 Å². The van der Waals surface area contributed by atoms with Crippen molar-refractivity contribution >= 4 is 32.8 Å². The summed E-state index contributed by atoms with van der Waals surface area (Å²) in [7, 11) is 0. The molecule has 0 bridgehead atoms. The summed E-state index contributed by atoms with van der Waals surface area (Å²) in [6, 6.07) is 17.4. The number of hydrogen-bond donors (Lipinski definition) is 0. The number of thioether (sulfide) groups is 1. The molecule has 3 heteroatoms. The van der Waals surface area contributed by atoms with Crippen molar-refractivity contribution in [2.75, 3.05) is 0 Å². The topological polar surface area (TPSA) is 17.1 Å². The van der Waals surface area contributed by atoms with Gasteiger partial charge in [-0.3, -0.25) is 4.79 Å². The van der Waals surface area contributed by atoms with Crippen LogP contribution in [0.5, 0.6) is 0 Å². The highest BCUT2D eigenvalue weighted by Gasteiger charge is 2.05. The molecule has 86 valence electrons. The third kappa shape index (κ3) is 3.72. The van der Waals surface area contributed by atoms with E-state index in [-0.39, 0.29) is 5.12 Å². The summed E-state index contributed by atoms with van der Waals surface area (Å²) >= 11 is 4.72. The van der Waals surface area contributed by atoms with Crippen LogP contribution in [0.1, 0.15) is 15.9 Å². The maximum absolute atomic E-state index is 11.8. The standard InChI is InChI=1S/C14H11BrOS/c15-13-8-6-11(7-9-13)10-17-14(16)12-4-2-1-3-5-12/h1-9H,10H2. The van der Waals surface area contributed by atoms with Crippen LogP contribution in [-0.2, 0) is 5.75 Å². The number of hydrogen-bond acceptors (Lipinski definition) is 2. The molecule has 0 heterocycles. The first kappa shape index (κ1) is 12.4. The Morgan fingerprint density at radius 3 is 2.29 bits per heavy atom. The minimum Gasteiger partial charge on any atom is -0.282 e. The Balaban J connectivity index is 1.95. The second-order valence-electron chi connectivity index (χ2n) is 3.57. The lowest BCUT2D eigenvalue weighted by Crippen LogP contribution is -1.93. The first-order valence-electron chi connectivity index (χ1n) is 5.22. The van der Waals surface area contributed by atoms with Crippen LogP contribution < -0.4 is 0 Å². The van der Waals surface area contributed by atoms with Gasteiger partial charge >= 0.3 is 0 Å². The summed E-state index contributed by atoms with van der Waals surface area (Å²) in [4.78, 5) is 11.8. The lowest BCUT2D eigenvalue weighted by molar-refractivity contribution is 0.108. The molecule has 0 saturated carbocycles. The normalized spacial score (nSPS) is 10.2. The molecule has 2 aromatic carbocycles. The van der Waals surface area contributed by atoms with Crippen LogP contribution in [0.25, 0.3) is 0 Å². The predicted molar refractivity (Wildman–Crippen MR) is 76.2 cm³/mol. The average molecular weight is 307 g/mol. The van der Waals surface area contributed by atoms with Gasteiger partial charge in [-0.2, -0.15) is 0 Å². The molecule has 2 rings (SSSR count). The molecule has 0 radical (unpaired) electrons. The van der Waals surface area contributed by atoms with Crippen molar-refractivity contribution in [2.45, 2.75) is 5.75 Å². The maximum atomic E-state index is 11.8. The van der Waals surface area contributed by atoms with Crippen LogP contribution in [-0.4, -0.2) is 5.12 Å². The summed E-state index contributed by atoms with van der Waals surface area (Å²) in [5.41, 5.74) is 1.91. The van der Waals surface area contributed by atoms with E-state index >= 15 is 0 Å². The van der Waals surface area contributed by atoms with Gasteiger partial charge in [0, 0.05) is 15.8 Å². The van der Waals surface area contributed by atoms with Crippen molar-refractivity contribution in [1.29, 1.82) is 0 Å². The zero-order valence-electron chi connectivity index (χ0n) is 9.10. The van der Waals surface area contributed by atoms with Crippen LogP contribution in [0.2, 0.25) is 0 Å². The fourth-order valence-electron chi connectivity index (χ4n) is 1.39. The van der Waals surface area contributed by atoms with E-state index in [9.17, 15) is 4.79 Å². The van der Waals surface area contributed by atoms with Gasteiger partial charge in [0.2, 0.25) is 5.12 Å². The second kappa shape index (κ2) is 6.03. The minimum atomic E-state index is 0.119. The Morgan fingerprint density at radius 1 is 1.00 bits per heavy atom. The second-order valence-corrected chi connectivity index (χ2v) is 5.43. The van der Waals surface area contributed by atoms with Gasteiger partial charge in [-0.05, 0) is 17.7 Å². The van der Waals surface area contributed by atoms with Crippen molar-refractivity contribution in [3.05, 3.63) is 70.2 Å². The highest BCUT2D eigenvalue weighted by molar-refractivity contribution is 9.10. The van der Waals surface area contributed by atoms with Crippen LogP contribution in [0.4, 0.5) is 0 Å². The van der Waals surface area contributed by atoms with Gasteiger partial charge in [0.1, 0.15) is 0 Å². The van der Waals surface area contributed by atoms with Gasteiger partial charge < -0.3 is 0 Å². The summed E-state index contributed by atoms with van der Waals surface area (Å²) in [5, 5.41) is 0.119. The van der Waals surface area contributed by atoms with E-state index in [0.29, 0.717) is 5.75 Å². The van der Waals surface area contributed by atoms with Gasteiger partial charge in [-0.25, -0.2) is 0 Å². The Hall–Kier alpha value is -1.06. The lowest BCUT2D eigenvalue weighted by atomic mass is 10.2. The largest absolute Gasteiger partial charge is 0.282 e. The molecular formula is C14H11BrOS. The van der Waals surface area contributed by atoms with Crippen LogP contribution in [0.15, 0.2) is 59.1 Å². The molecule has 0 aliphatic rings. The molecule has 17 heavy (non-hydrogen) atoms. The van der Waals surface area contributed by atoms with Crippen LogP contribution in [0, 0.1) is 0 Å². The van der Waals surface area contributed by atoms with Gasteiger partial charge in [0.15, 0.2) is 0 Å². The molecule has 0 N–H and O–H groups in total. The number of benzene rings is 2. The van der Waals surface area contributed by atoms with Crippen LogP contribution >= 0.6 is 27.7 Å². The fraction of sp³-hybridized carbons (Fsp3) is 0.0714. The van der Waals surface area contributed by atoms with Crippen molar-refractivity contribution in [3.63, 3.8) is 0 Å². The molecule has 0 fully saturated rings. The third-order valence-corrected chi connectivity index (χ3v) is 3.80. The minimum absolute atomic E-state index is 0.119. The van der Waals surface area contributed by atoms with Crippen molar-refractivity contribution in [3.8, 4) is 0 Å². The van der Waals surface area contributed by atoms with E-state index in [0.717, 1.165) is 15.6 Å². The number of halogens is 1. The summed E-state index contributed by atoms with van der Waals surface area (Å²) in [6.45, 7) is 0. The highest BCUT2D eigenvalue weighted by atomic mass is 79.9. The molecule has 0 aliphatic carbocycles. The molecule has 0 atom stereocenters. The Kier molecular flexibility index (Phi) is 4.40. The third-order valence-electron chi connectivity index (χ3n) is 2.29. The predicted octanol–water partition coefficient (Wildman–Crippen LogP) is 4.52. The number of rotatable bonds is 3. The molecule has 0 aromatic heterocycles. The van der Waals surface area contributed by atoms with Crippen molar-refractivity contribution in [2.24, 2.45) is 0 Å². The zero-order valence-corrected chi connectivity index (χ0v) is 11.5. The molecule has 0 amide bonds. The quantitative estimate of drug-likeness (QED) is 0.829. The molecule has 2 aromatic rings. The van der Waals surface area contributed by atoms with E-state index in [2.05, 4.69) is 15.9 Å². The van der Waals surface area contributed by atoms with Gasteiger partial charge in [-0.15, -0.1) is 0 Å². The highest BCUT2D eigenvalue weighted by Crippen LogP contribution is 2.19. The Labute approximate surface area is 113 Å². The SMILES string of the molecule is O=C(SCc1ccc(Br)cc1)c1ccccc1. The number of carbonyl (C=O) groups excluding carboxylic acids is 1. The summed E-state index contributed by atoms with van der Waals surface area (Å²) in [5.74, 6) is 0.709. The van der Waals surface area contributed by atoms with Crippen molar-refractivity contribution < 1.29 is 4.79 Å². The molecule has 0 aliphatic heterocycles. The molecular weight excluding hydrogens is 296 g/mol. The van der Waals surface area contributed by atoms with Gasteiger partial charge in [0.05, 0.1) is 0 Å². The van der Waals surface area contributed by atoms with E-state index in [1.807, 2.05) is 54.6 Å². The Morgan fingerprint density at radius 2 is 1.65 bits per heavy atom. The molecule has 0 saturated heterocycles. The number of carbonyl (C=O) groups is 1. The van der Waals surface area contributed by atoms with Gasteiger partial charge in [0.25, 0.3) is 0 Å². The van der Waals surface area contributed by atoms with E-state index in [1.165, 1.54) is 11.8 Å². The maximum Gasteiger partial charge on any atom is 0.219 e. The molecule has 0 spiro atoms. The molecule has 0 unspecified atom stereocenters. The van der Waals surface area contributed by atoms with E-state index < -0.39 is 0 Å². The fourth-order valence-corrected chi connectivity index (χ4v) is 2.44. The van der Waals surface area contributed by atoms with E-state index in [4.69, 9.17) is 0 Å². The monoisotopic (exact) mass is 306 g/mol. The lowest BCUT2D eigenvalue weighted by Gasteiger charge is -2.01. The average Bonchev–Trinajstić information content (AvgIpc) is 2.39. The first-order valence-corrected chi connectivity index (χ1v) is 7.00. The summed E-state index contributed by atoms with van der Waals surface area (Å²) in [6.07, 6.45) is 0. The summed E-state index contributed by atoms with van der Waals surface area (Å²) < 4.78 is 1.06. The zero-order chi connectivity index (χ0) is 12.1. The smallest absolute Gasteiger partial charge is 0.219 e.